The van der Waals surface area contributed by atoms with Gasteiger partial charge in [0.1, 0.15) is 24.4 Å². The number of nitrogens with zero attached hydrogens (tertiary/aromatic N) is 1. The van der Waals surface area contributed by atoms with Crippen LogP contribution in [0, 0.1) is 35.5 Å². The van der Waals surface area contributed by atoms with Gasteiger partial charge in [0, 0.05) is 38.7 Å². The molecule has 3 aliphatic carbocycles. The molecule has 4 unspecified atom stereocenters. The molecule has 0 aromatic heterocycles. The molecule has 0 aromatic rings. The topological polar surface area (TPSA) is 111 Å². The van der Waals surface area contributed by atoms with E-state index in [9.17, 15) is 9.59 Å². The molecule has 0 bridgehead atoms. The molecule has 0 spiro atoms. The minimum atomic E-state index is -0.597. The zero-order valence-electron chi connectivity index (χ0n) is 34.6. The molecule has 0 aromatic carbocycles. The highest BCUT2D eigenvalue weighted by atomic mass is 16.7. The Bertz CT molecular complexity index is 1350. The fourth-order valence-corrected chi connectivity index (χ4v) is 10.9. The summed E-state index contributed by atoms with van der Waals surface area (Å²) < 4.78 is 50.3. The molecule has 11 heteroatoms. The van der Waals surface area contributed by atoms with Gasteiger partial charge >= 0.3 is 5.97 Å². The van der Waals surface area contributed by atoms with Crippen molar-refractivity contribution in [2.75, 3.05) is 34.9 Å². The van der Waals surface area contributed by atoms with Gasteiger partial charge < -0.3 is 42.8 Å². The maximum Gasteiger partial charge on any atom is 0.306 e. The van der Waals surface area contributed by atoms with Crippen LogP contribution in [0.25, 0.3) is 0 Å². The van der Waals surface area contributed by atoms with E-state index in [1.807, 2.05) is 20.8 Å². The Kier molecular flexibility index (Phi) is 14.2. The Hall–Kier alpha value is -1.70. The van der Waals surface area contributed by atoms with Gasteiger partial charge in [0.2, 0.25) is 0 Å². The molecule has 306 valence electrons. The van der Waals surface area contributed by atoms with E-state index in [1.54, 1.807) is 14.2 Å². The molecule has 0 amide bonds. The van der Waals surface area contributed by atoms with Crippen LogP contribution in [0.15, 0.2) is 23.3 Å². The van der Waals surface area contributed by atoms with Crippen LogP contribution in [0.2, 0.25) is 0 Å². The summed E-state index contributed by atoms with van der Waals surface area (Å²) in [5.41, 5.74) is 2.08. The van der Waals surface area contributed by atoms with Crippen molar-refractivity contribution in [3.05, 3.63) is 23.3 Å². The minimum Gasteiger partial charge on any atom is -0.462 e. The van der Waals surface area contributed by atoms with Crippen molar-refractivity contribution in [3.8, 4) is 0 Å². The summed E-state index contributed by atoms with van der Waals surface area (Å²) in [5.74, 6) is 0.00892. The largest absolute Gasteiger partial charge is 0.462 e. The number of cyclic esters (lactones) is 1. The standard InChI is InChI=1S/C43H69NO10/c1-11-27-14-13-15-36(54-38-17-16-35(44(7)8)25(5)50-38)24(4)39(46)34-21-32-30(33(34)22-37(45)52-27)18-23(3)29-19-28(20-31(29)32)53-43-42(48-10)41(49-12-2)40(47-9)26(6)51-43/h18,21,24-33,35-36,38,40-43H,11-17,19-20,22H2,1-10H3/t24-,25-,26?,27?,28-,29?,30-,31-,32-,33+,35+,36+,38+,40+,41-,42?,43+/m1/s1. The third-order valence-electron chi connectivity index (χ3n) is 13.7. The molecular weight excluding hydrogens is 690 g/mol. The summed E-state index contributed by atoms with van der Waals surface area (Å²) in [6.45, 7) is 12.9. The number of methoxy groups -OCH3 is 2. The summed E-state index contributed by atoms with van der Waals surface area (Å²) in [7, 11) is 7.53. The summed E-state index contributed by atoms with van der Waals surface area (Å²) >= 11 is 0. The lowest BCUT2D eigenvalue weighted by molar-refractivity contribution is -0.317. The van der Waals surface area contributed by atoms with Crippen molar-refractivity contribution in [2.24, 2.45) is 35.5 Å². The Balaban J connectivity index is 1.23. The fraction of sp³-hybridized carbons (Fsp3) is 0.860. The number of rotatable bonds is 10. The zero-order chi connectivity index (χ0) is 38.8. The monoisotopic (exact) mass is 759 g/mol. The number of Topliss-reactive ketones (excluding diaryl/α,β-unsaturated/α-hetero) is 1. The van der Waals surface area contributed by atoms with Gasteiger partial charge in [-0.2, -0.15) is 0 Å². The molecule has 17 atom stereocenters. The number of allylic oxidation sites excluding steroid dienone is 4. The smallest absolute Gasteiger partial charge is 0.306 e. The Labute approximate surface area is 324 Å². The Morgan fingerprint density at radius 2 is 1.59 bits per heavy atom. The molecular formula is C43H69NO10. The van der Waals surface area contributed by atoms with Crippen LogP contribution in [0.5, 0.6) is 0 Å². The van der Waals surface area contributed by atoms with E-state index in [0.717, 1.165) is 50.5 Å². The summed E-state index contributed by atoms with van der Waals surface area (Å²) in [5, 5.41) is 0. The predicted molar refractivity (Wildman–Crippen MR) is 203 cm³/mol. The molecule has 1 saturated carbocycles. The Morgan fingerprint density at radius 3 is 2.26 bits per heavy atom. The van der Waals surface area contributed by atoms with Crippen LogP contribution in [0.3, 0.4) is 0 Å². The molecule has 0 radical (unpaired) electrons. The van der Waals surface area contributed by atoms with E-state index in [-0.39, 0.29) is 96.8 Å². The lowest BCUT2D eigenvalue weighted by Gasteiger charge is -2.44. The third-order valence-corrected chi connectivity index (χ3v) is 13.7. The first-order valence-electron chi connectivity index (χ1n) is 21.0. The number of carbonyl (C=O) groups is 2. The number of carbonyl (C=O) groups excluding carboxylic acids is 2. The SMILES string of the molecule is CCO[C@H]1C(OC)[C@H](O[C@@H]2CC3C(C)=C[C@@H]4[C@@H](C=C5C(=O)[C@H](C)[C@@H](O[C@H]6CC[C@H](N(C)C)[C@@H](C)O6)CCCC(CC)OC(=O)C[C@H]54)[C@@H]3C2)OC(C)[C@@H]1OC. The molecule has 6 rings (SSSR count). The average molecular weight is 760 g/mol. The summed E-state index contributed by atoms with van der Waals surface area (Å²) in [6.07, 6.45) is 8.61. The van der Waals surface area contributed by atoms with Gasteiger partial charge in [-0.05, 0) is 122 Å². The van der Waals surface area contributed by atoms with Crippen LogP contribution in [0.4, 0.5) is 0 Å². The van der Waals surface area contributed by atoms with Crippen LogP contribution in [-0.4, -0.2) is 119 Å². The van der Waals surface area contributed by atoms with E-state index in [1.165, 1.54) is 5.57 Å². The first kappa shape index (κ1) is 41.9. The fourth-order valence-electron chi connectivity index (χ4n) is 10.9. The minimum absolute atomic E-state index is 0.0361. The molecule has 3 saturated heterocycles. The molecule has 0 N–H and O–H groups in total. The second-order valence-electron chi connectivity index (χ2n) is 17.2. The molecule has 54 heavy (non-hydrogen) atoms. The molecule has 11 nitrogen and oxygen atoms in total. The van der Waals surface area contributed by atoms with Gasteiger partial charge in [-0.3, -0.25) is 9.59 Å². The molecule has 4 fully saturated rings. The van der Waals surface area contributed by atoms with Crippen molar-refractivity contribution >= 4 is 11.8 Å². The highest BCUT2D eigenvalue weighted by molar-refractivity contribution is 5.99. The lowest BCUT2D eigenvalue weighted by Crippen LogP contribution is -2.60. The maximum absolute atomic E-state index is 14.8. The predicted octanol–water partition coefficient (Wildman–Crippen LogP) is 6.27. The van der Waals surface area contributed by atoms with Gasteiger partial charge in [-0.15, -0.1) is 0 Å². The number of hydrogen-bond acceptors (Lipinski definition) is 11. The van der Waals surface area contributed by atoms with Gasteiger partial charge in [0.15, 0.2) is 18.4 Å². The summed E-state index contributed by atoms with van der Waals surface area (Å²) in [4.78, 5) is 30.6. The van der Waals surface area contributed by atoms with E-state index in [2.05, 4.69) is 51.9 Å². The van der Waals surface area contributed by atoms with Gasteiger partial charge in [-0.1, -0.05) is 31.6 Å². The van der Waals surface area contributed by atoms with Crippen molar-refractivity contribution in [3.63, 3.8) is 0 Å². The van der Waals surface area contributed by atoms with E-state index < -0.39 is 12.4 Å². The van der Waals surface area contributed by atoms with Gasteiger partial charge in [0.25, 0.3) is 0 Å². The third kappa shape index (κ3) is 8.74. The number of esters is 1. The van der Waals surface area contributed by atoms with Crippen molar-refractivity contribution in [2.45, 2.75) is 167 Å². The van der Waals surface area contributed by atoms with E-state index in [4.69, 9.17) is 37.9 Å². The van der Waals surface area contributed by atoms with Crippen molar-refractivity contribution in [1.82, 2.24) is 4.90 Å². The van der Waals surface area contributed by atoms with Gasteiger partial charge in [-0.25, -0.2) is 0 Å². The van der Waals surface area contributed by atoms with Crippen molar-refractivity contribution in [1.29, 1.82) is 0 Å². The summed E-state index contributed by atoms with van der Waals surface area (Å²) in [6, 6.07) is 0.337. The number of likely N-dealkylation sites (N-methyl/N-ethyl adjacent to an activating group) is 1. The van der Waals surface area contributed by atoms with E-state index in [0.29, 0.717) is 25.0 Å². The van der Waals surface area contributed by atoms with Crippen LogP contribution in [-0.2, 0) is 47.5 Å². The molecule has 3 aliphatic heterocycles. The number of fused-ring (bicyclic) bond motifs is 5. The number of ether oxygens (including phenoxy) is 8. The van der Waals surface area contributed by atoms with Crippen LogP contribution in [0.1, 0.15) is 99.3 Å². The van der Waals surface area contributed by atoms with Crippen LogP contribution >= 0.6 is 0 Å². The molecule has 6 aliphatic rings. The van der Waals surface area contributed by atoms with Crippen molar-refractivity contribution < 1.29 is 47.5 Å². The highest BCUT2D eigenvalue weighted by Gasteiger charge is 2.54. The average Bonchev–Trinajstić information content (AvgIpc) is 3.71. The second-order valence-corrected chi connectivity index (χ2v) is 17.2. The first-order chi connectivity index (χ1) is 25.9. The quantitative estimate of drug-likeness (QED) is 0.186. The lowest BCUT2D eigenvalue weighted by atomic mass is 9.67. The zero-order valence-corrected chi connectivity index (χ0v) is 34.6. The van der Waals surface area contributed by atoms with E-state index >= 15 is 0 Å². The van der Waals surface area contributed by atoms with Crippen LogP contribution < -0.4 is 0 Å². The first-order valence-corrected chi connectivity index (χ1v) is 21.0. The van der Waals surface area contributed by atoms with Gasteiger partial charge in [0.05, 0.1) is 30.8 Å². The maximum atomic E-state index is 14.8. The number of ketones is 1. The Morgan fingerprint density at radius 1 is 0.833 bits per heavy atom. The number of hydrogen-bond donors (Lipinski definition) is 0. The molecule has 3 heterocycles. The highest BCUT2D eigenvalue weighted by Crippen LogP contribution is 2.56. The normalized spacial score (nSPS) is 44.7. The second kappa shape index (κ2) is 18.3.